The molecule has 0 radical (unpaired) electrons. The second-order valence-electron chi connectivity index (χ2n) is 9.30. The van der Waals surface area contributed by atoms with Crippen molar-refractivity contribution in [3.63, 3.8) is 0 Å². The molecule has 3 N–H and O–H groups in total. The lowest BCUT2D eigenvalue weighted by atomic mass is 10.1. The lowest BCUT2D eigenvalue weighted by Crippen LogP contribution is -2.18. The number of carbonyl (C=O) groups is 1. The number of carbonyl (C=O) groups excluding carboxylic acids is 1. The van der Waals surface area contributed by atoms with Crippen LogP contribution >= 0.6 is 11.6 Å². The predicted molar refractivity (Wildman–Crippen MR) is 144 cm³/mol. The molecule has 1 aliphatic rings. The summed E-state index contributed by atoms with van der Waals surface area (Å²) in [5.41, 5.74) is 3.06. The highest BCUT2D eigenvalue weighted by molar-refractivity contribution is 6.33. The third-order valence-corrected chi connectivity index (χ3v) is 7.21. The summed E-state index contributed by atoms with van der Waals surface area (Å²) in [6, 6.07) is 15.4. The molecule has 1 fully saturated rings. The van der Waals surface area contributed by atoms with Crippen molar-refractivity contribution in [3.05, 3.63) is 71.0 Å². The summed E-state index contributed by atoms with van der Waals surface area (Å²) < 4.78 is 22.2. The van der Waals surface area contributed by atoms with Crippen LogP contribution in [-0.4, -0.2) is 43.7 Å². The third-order valence-electron chi connectivity index (χ3n) is 6.89. The number of hydrogen-bond donors (Lipinski definition) is 3. The van der Waals surface area contributed by atoms with E-state index < -0.39 is 5.82 Å². The van der Waals surface area contributed by atoms with Crippen molar-refractivity contribution in [1.82, 2.24) is 19.5 Å². The van der Waals surface area contributed by atoms with E-state index in [1.165, 1.54) is 12.1 Å². The number of para-hydroxylation sites is 1. The Labute approximate surface area is 222 Å². The number of anilines is 1. The van der Waals surface area contributed by atoms with E-state index in [9.17, 15) is 9.18 Å². The summed E-state index contributed by atoms with van der Waals surface area (Å²) in [7, 11) is 0. The van der Waals surface area contributed by atoms with Crippen LogP contribution in [0.15, 0.2) is 54.6 Å². The highest BCUT2D eigenvalue weighted by Crippen LogP contribution is 2.37. The summed E-state index contributed by atoms with van der Waals surface area (Å²) in [6.07, 6.45) is 4.17. The molecule has 2 aromatic heterocycles. The normalized spacial score (nSPS) is 14.0. The van der Waals surface area contributed by atoms with E-state index >= 15 is 0 Å². The standard InChI is InChI=1S/C28H25ClFN5O3/c29-19-8-4-9-20(30)24(19)26-31-22-10-3-7-18(25(22)33-26)27(37)34-28-32-21-12-11-17(38-14-13-36)15-23(21)35(28)16-5-1-2-6-16/h3-4,7-12,15-16,36H,1-2,5-6,13-14H2,(H,31,33)(H,32,34,37). The number of aromatic nitrogens is 4. The fourth-order valence-electron chi connectivity index (χ4n) is 5.17. The molecule has 0 saturated heterocycles. The Hall–Kier alpha value is -3.95. The maximum absolute atomic E-state index is 14.5. The number of aromatic amines is 1. The van der Waals surface area contributed by atoms with E-state index in [2.05, 4.69) is 19.9 Å². The fourth-order valence-corrected chi connectivity index (χ4v) is 5.43. The molecule has 8 nitrogen and oxygen atoms in total. The van der Waals surface area contributed by atoms with Gasteiger partial charge in [0.05, 0.1) is 39.3 Å². The molecule has 0 aliphatic heterocycles. The van der Waals surface area contributed by atoms with Crippen molar-refractivity contribution in [2.45, 2.75) is 31.7 Å². The van der Waals surface area contributed by atoms with Crippen molar-refractivity contribution >= 4 is 45.5 Å². The van der Waals surface area contributed by atoms with Crippen LogP contribution in [0.4, 0.5) is 10.3 Å². The van der Waals surface area contributed by atoms with Gasteiger partial charge in [-0.3, -0.25) is 10.1 Å². The van der Waals surface area contributed by atoms with Crippen LogP contribution in [-0.2, 0) is 0 Å². The monoisotopic (exact) mass is 533 g/mol. The van der Waals surface area contributed by atoms with Gasteiger partial charge in [0.25, 0.3) is 5.91 Å². The smallest absolute Gasteiger partial charge is 0.260 e. The molecule has 10 heteroatoms. The number of nitrogens with one attached hydrogen (secondary N) is 2. The average molecular weight is 534 g/mol. The Balaban J connectivity index is 1.39. The van der Waals surface area contributed by atoms with E-state index in [0.29, 0.717) is 28.3 Å². The third kappa shape index (κ3) is 4.37. The molecule has 5 aromatic rings. The van der Waals surface area contributed by atoms with E-state index in [0.717, 1.165) is 36.7 Å². The zero-order chi connectivity index (χ0) is 26.2. The molecule has 0 atom stereocenters. The highest BCUT2D eigenvalue weighted by atomic mass is 35.5. The van der Waals surface area contributed by atoms with Crippen molar-refractivity contribution < 1.29 is 19.0 Å². The first kappa shape index (κ1) is 24.4. The molecule has 6 rings (SSSR count). The molecule has 1 aliphatic carbocycles. The molecule has 2 heterocycles. The van der Waals surface area contributed by atoms with Gasteiger partial charge in [0, 0.05) is 12.1 Å². The van der Waals surface area contributed by atoms with Gasteiger partial charge in [0.1, 0.15) is 29.5 Å². The molecule has 1 amide bonds. The second kappa shape index (κ2) is 10.1. The van der Waals surface area contributed by atoms with Crippen LogP contribution in [0.25, 0.3) is 33.5 Å². The number of hydrogen-bond acceptors (Lipinski definition) is 5. The van der Waals surface area contributed by atoms with E-state index in [4.69, 9.17) is 26.4 Å². The maximum atomic E-state index is 14.5. The number of aliphatic hydroxyl groups excluding tert-OH is 1. The number of fused-ring (bicyclic) bond motifs is 2. The van der Waals surface area contributed by atoms with Crippen molar-refractivity contribution in [2.75, 3.05) is 18.5 Å². The Morgan fingerprint density at radius 1 is 1.16 bits per heavy atom. The van der Waals surface area contributed by atoms with E-state index in [1.807, 2.05) is 12.1 Å². The van der Waals surface area contributed by atoms with Gasteiger partial charge in [0.15, 0.2) is 0 Å². The minimum absolute atomic E-state index is 0.0786. The van der Waals surface area contributed by atoms with Crippen molar-refractivity contribution in [1.29, 1.82) is 0 Å². The zero-order valence-corrected chi connectivity index (χ0v) is 21.1. The van der Waals surface area contributed by atoms with E-state index in [-0.39, 0.29) is 41.6 Å². The van der Waals surface area contributed by atoms with Crippen molar-refractivity contribution in [3.8, 4) is 17.1 Å². The molecule has 194 valence electrons. The Bertz CT molecular complexity index is 1640. The first-order chi connectivity index (χ1) is 18.5. The second-order valence-corrected chi connectivity index (χ2v) is 9.71. The number of nitrogens with zero attached hydrogens (tertiary/aromatic N) is 3. The first-order valence-corrected chi connectivity index (χ1v) is 12.9. The topological polar surface area (TPSA) is 105 Å². The number of imidazole rings is 2. The minimum Gasteiger partial charge on any atom is -0.491 e. The summed E-state index contributed by atoms with van der Waals surface area (Å²) in [5.74, 6) is 0.442. The lowest BCUT2D eigenvalue weighted by molar-refractivity contribution is 0.102. The maximum Gasteiger partial charge on any atom is 0.260 e. The quantitative estimate of drug-likeness (QED) is 0.234. The fraction of sp³-hybridized carbons (Fsp3) is 0.250. The minimum atomic E-state index is -0.504. The van der Waals surface area contributed by atoms with Gasteiger partial charge in [-0.25, -0.2) is 14.4 Å². The highest BCUT2D eigenvalue weighted by Gasteiger charge is 2.25. The van der Waals surface area contributed by atoms with Gasteiger partial charge >= 0.3 is 0 Å². The number of halogens is 2. The summed E-state index contributed by atoms with van der Waals surface area (Å²) >= 11 is 6.25. The van der Waals surface area contributed by atoms with Crippen LogP contribution in [0.1, 0.15) is 42.1 Å². The number of ether oxygens (including phenoxy) is 1. The molecule has 38 heavy (non-hydrogen) atoms. The molecule has 0 spiro atoms. The SMILES string of the molecule is O=C(Nc1nc2ccc(OCCO)cc2n1C1CCCC1)c1cccc2[nH]c(-c3c(F)cccc3Cl)nc12. The molecular formula is C28H25ClFN5O3. The van der Waals surface area contributed by atoms with Gasteiger partial charge in [-0.15, -0.1) is 0 Å². The lowest BCUT2D eigenvalue weighted by Gasteiger charge is -2.17. The number of amides is 1. The van der Waals surface area contributed by atoms with Gasteiger partial charge < -0.3 is 19.4 Å². The largest absolute Gasteiger partial charge is 0.491 e. The Morgan fingerprint density at radius 2 is 1.97 bits per heavy atom. The Kier molecular flexibility index (Phi) is 6.47. The number of aliphatic hydroxyl groups is 1. The van der Waals surface area contributed by atoms with Crippen LogP contribution in [0.2, 0.25) is 5.02 Å². The van der Waals surface area contributed by atoms with Gasteiger partial charge in [-0.1, -0.05) is 36.6 Å². The van der Waals surface area contributed by atoms with Gasteiger partial charge in [0.2, 0.25) is 5.95 Å². The van der Waals surface area contributed by atoms with Crippen LogP contribution in [0.5, 0.6) is 5.75 Å². The molecule has 1 saturated carbocycles. The summed E-state index contributed by atoms with van der Waals surface area (Å²) in [5, 5.41) is 12.3. The van der Waals surface area contributed by atoms with Crippen LogP contribution in [0, 0.1) is 5.82 Å². The zero-order valence-electron chi connectivity index (χ0n) is 20.4. The number of rotatable bonds is 7. The van der Waals surface area contributed by atoms with Crippen LogP contribution in [0.3, 0.4) is 0 Å². The number of H-pyrrole nitrogens is 1. The van der Waals surface area contributed by atoms with Crippen molar-refractivity contribution in [2.24, 2.45) is 0 Å². The first-order valence-electron chi connectivity index (χ1n) is 12.5. The average Bonchev–Trinajstić information content (AvgIpc) is 3.65. The summed E-state index contributed by atoms with van der Waals surface area (Å²) in [6.45, 7) is 0.116. The van der Waals surface area contributed by atoms with Gasteiger partial charge in [-0.05, 0) is 49.2 Å². The molecular weight excluding hydrogens is 509 g/mol. The molecule has 0 unspecified atom stereocenters. The molecule has 3 aromatic carbocycles. The molecule has 0 bridgehead atoms. The number of benzene rings is 3. The van der Waals surface area contributed by atoms with E-state index in [1.54, 1.807) is 30.3 Å². The summed E-state index contributed by atoms with van der Waals surface area (Å²) in [4.78, 5) is 26.0. The Morgan fingerprint density at radius 3 is 2.76 bits per heavy atom. The van der Waals surface area contributed by atoms with Crippen LogP contribution < -0.4 is 10.1 Å². The van der Waals surface area contributed by atoms with Gasteiger partial charge in [-0.2, -0.15) is 0 Å². The predicted octanol–water partition coefficient (Wildman–Crippen LogP) is 6.11.